The second kappa shape index (κ2) is 4.98. The van der Waals surface area contributed by atoms with Crippen LogP contribution >= 0.6 is 0 Å². The molecule has 1 saturated carbocycles. The van der Waals surface area contributed by atoms with Crippen LogP contribution in [-0.4, -0.2) is 34.6 Å². The van der Waals surface area contributed by atoms with Crippen molar-refractivity contribution >= 4 is 45.9 Å². The Morgan fingerprint density at radius 2 is 0.923 bits per heavy atom. The molecule has 2 aromatic carbocycles. The van der Waals surface area contributed by atoms with Gasteiger partial charge in [-0.3, -0.25) is 19.2 Å². The zero-order chi connectivity index (χ0) is 18.0. The summed E-state index contributed by atoms with van der Waals surface area (Å²) in [5.41, 5.74) is 0.960. The quantitative estimate of drug-likeness (QED) is 0.687. The van der Waals surface area contributed by atoms with E-state index >= 15 is 0 Å². The second-order valence-corrected chi connectivity index (χ2v) is 6.35. The van der Waals surface area contributed by atoms with Crippen LogP contribution in [0.5, 0.6) is 0 Å². The summed E-state index contributed by atoms with van der Waals surface area (Å²) in [6.45, 7) is 0. The Morgan fingerprint density at radius 3 is 1.35 bits per heavy atom. The Labute approximate surface area is 147 Å². The van der Waals surface area contributed by atoms with Gasteiger partial charge in [-0.2, -0.15) is 0 Å². The molecule has 1 fully saturated rings. The first-order valence-electron chi connectivity index (χ1n) is 8.10. The average Bonchev–Trinajstić information content (AvgIpc) is 2.66. The zero-order valence-corrected chi connectivity index (χ0v) is 13.3. The molecule has 2 heterocycles. The molecular formula is C20H10N2O4. The Hall–Kier alpha value is -3.54. The van der Waals surface area contributed by atoms with Crippen LogP contribution in [0.1, 0.15) is 20.7 Å². The molecule has 26 heavy (non-hydrogen) atoms. The van der Waals surface area contributed by atoms with Crippen molar-refractivity contribution in [3.8, 4) is 0 Å². The first-order valence-corrected chi connectivity index (χ1v) is 8.10. The summed E-state index contributed by atoms with van der Waals surface area (Å²) in [6.07, 6.45) is 0. The van der Waals surface area contributed by atoms with Gasteiger partial charge in [-0.05, 0) is 24.3 Å². The fourth-order valence-corrected chi connectivity index (χ4v) is 3.68. The smallest absolute Gasteiger partial charge is 0.195 e. The highest BCUT2D eigenvalue weighted by molar-refractivity contribution is 6.71. The highest BCUT2D eigenvalue weighted by Crippen LogP contribution is 2.38. The van der Waals surface area contributed by atoms with Crippen LogP contribution in [0, 0.1) is 11.8 Å². The Morgan fingerprint density at radius 1 is 0.538 bits per heavy atom. The van der Waals surface area contributed by atoms with Crippen LogP contribution in [0.4, 0.5) is 11.4 Å². The van der Waals surface area contributed by atoms with Crippen LogP contribution < -0.4 is 0 Å². The van der Waals surface area contributed by atoms with E-state index in [1.807, 2.05) is 0 Å². The fraction of sp³-hybridized carbons (Fsp3) is 0.100. The van der Waals surface area contributed by atoms with Crippen molar-refractivity contribution in [3.63, 3.8) is 0 Å². The van der Waals surface area contributed by atoms with Crippen LogP contribution in [0.3, 0.4) is 0 Å². The number of para-hydroxylation sites is 2. The summed E-state index contributed by atoms with van der Waals surface area (Å²) in [4.78, 5) is 60.1. The van der Waals surface area contributed by atoms with Gasteiger partial charge >= 0.3 is 0 Å². The van der Waals surface area contributed by atoms with Gasteiger partial charge in [-0.15, -0.1) is 0 Å². The predicted molar refractivity (Wildman–Crippen MR) is 92.7 cm³/mol. The number of Topliss-reactive ketones (excluding diaryl/α,β-unsaturated/α-hetero) is 4. The first kappa shape index (κ1) is 14.8. The average molecular weight is 342 g/mol. The lowest BCUT2D eigenvalue weighted by atomic mass is 9.69. The molecule has 2 atom stereocenters. The summed E-state index contributed by atoms with van der Waals surface area (Å²) in [7, 11) is 0. The van der Waals surface area contributed by atoms with Gasteiger partial charge < -0.3 is 0 Å². The van der Waals surface area contributed by atoms with E-state index in [0.717, 1.165) is 0 Å². The van der Waals surface area contributed by atoms with E-state index in [1.54, 1.807) is 48.5 Å². The highest BCUT2D eigenvalue weighted by Gasteiger charge is 2.54. The molecule has 2 unspecified atom stereocenters. The lowest BCUT2D eigenvalue weighted by molar-refractivity contribution is -0.119. The molecule has 0 radical (unpaired) electrons. The van der Waals surface area contributed by atoms with Gasteiger partial charge in [-0.25, -0.2) is 9.98 Å². The summed E-state index contributed by atoms with van der Waals surface area (Å²) < 4.78 is 0. The summed E-state index contributed by atoms with van der Waals surface area (Å²) in [5, 5.41) is 0. The van der Waals surface area contributed by atoms with Gasteiger partial charge in [0.25, 0.3) is 0 Å². The molecule has 124 valence electrons. The van der Waals surface area contributed by atoms with Gasteiger partial charge in [0.1, 0.15) is 23.3 Å². The van der Waals surface area contributed by atoms with Gasteiger partial charge in [0.05, 0.1) is 11.4 Å². The lowest BCUT2D eigenvalue weighted by Gasteiger charge is -2.32. The number of ketones is 4. The fourth-order valence-electron chi connectivity index (χ4n) is 3.68. The van der Waals surface area contributed by atoms with Crippen LogP contribution in [0.2, 0.25) is 0 Å². The van der Waals surface area contributed by atoms with Crippen LogP contribution in [-0.2, 0) is 9.59 Å². The number of fused-ring (bicyclic) bond motifs is 4. The van der Waals surface area contributed by atoms with Gasteiger partial charge in [0.2, 0.25) is 0 Å². The van der Waals surface area contributed by atoms with Gasteiger partial charge in [-0.1, -0.05) is 24.3 Å². The van der Waals surface area contributed by atoms with E-state index in [-0.39, 0.29) is 11.4 Å². The number of benzene rings is 2. The molecule has 0 N–H and O–H groups in total. The number of aliphatic imine (C=N–C) groups is 2. The maximum Gasteiger partial charge on any atom is 0.195 e. The van der Waals surface area contributed by atoms with Crippen LogP contribution in [0.25, 0.3) is 0 Å². The van der Waals surface area contributed by atoms with Crippen molar-refractivity contribution in [2.45, 2.75) is 0 Å². The maximum atomic E-state index is 13.0. The first-order chi connectivity index (χ1) is 12.6. The van der Waals surface area contributed by atoms with E-state index in [9.17, 15) is 19.2 Å². The monoisotopic (exact) mass is 342 g/mol. The third-order valence-corrected chi connectivity index (χ3v) is 4.92. The molecule has 3 aliphatic rings. The van der Waals surface area contributed by atoms with E-state index in [4.69, 9.17) is 0 Å². The summed E-state index contributed by atoms with van der Waals surface area (Å²) in [5.74, 6) is -4.81. The molecule has 0 amide bonds. The summed E-state index contributed by atoms with van der Waals surface area (Å²) in [6, 6.07) is 13.1. The molecule has 0 saturated heterocycles. The molecule has 0 aromatic heterocycles. The largest absolute Gasteiger partial charge is 0.293 e. The van der Waals surface area contributed by atoms with Gasteiger partial charge in [0.15, 0.2) is 23.1 Å². The van der Waals surface area contributed by atoms with E-state index in [0.29, 0.717) is 22.5 Å². The van der Waals surface area contributed by atoms with Crippen molar-refractivity contribution in [1.29, 1.82) is 0 Å². The molecule has 0 spiro atoms. The van der Waals surface area contributed by atoms with Crippen molar-refractivity contribution in [1.82, 2.24) is 0 Å². The molecule has 0 bridgehead atoms. The Balaban J connectivity index is 1.74. The van der Waals surface area contributed by atoms with E-state index in [2.05, 4.69) is 9.98 Å². The number of carbonyl (C=O) groups excluding carboxylic acids is 4. The third-order valence-electron chi connectivity index (χ3n) is 4.92. The molecule has 2 aromatic rings. The van der Waals surface area contributed by atoms with Crippen molar-refractivity contribution < 1.29 is 19.2 Å². The minimum absolute atomic E-state index is 0.157. The zero-order valence-electron chi connectivity index (χ0n) is 13.3. The lowest BCUT2D eigenvalue weighted by Crippen LogP contribution is -2.55. The number of rotatable bonds is 0. The molecule has 5 rings (SSSR count). The maximum absolute atomic E-state index is 13.0. The third kappa shape index (κ3) is 1.75. The molecule has 2 aliphatic heterocycles. The van der Waals surface area contributed by atoms with E-state index < -0.39 is 35.0 Å². The van der Waals surface area contributed by atoms with E-state index in [1.165, 1.54) is 0 Å². The number of hydrogen-bond acceptors (Lipinski definition) is 6. The Bertz CT molecular complexity index is 1040. The number of nitrogens with zero attached hydrogens (tertiary/aromatic N) is 2. The normalized spacial score (nSPS) is 23.4. The SMILES string of the molecule is O=C1C2=Nc3ccccc3C(=O)C2C(=O)C2=Nc3ccccc3C(=O)C12. The van der Waals surface area contributed by atoms with Crippen molar-refractivity contribution in [2.24, 2.45) is 21.8 Å². The second-order valence-electron chi connectivity index (χ2n) is 6.35. The predicted octanol–water partition coefficient (Wildman–Crippen LogP) is 2.31. The van der Waals surface area contributed by atoms with Crippen LogP contribution in [0.15, 0.2) is 58.5 Å². The van der Waals surface area contributed by atoms with Gasteiger partial charge in [0, 0.05) is 11.1 Å². The standard InChI is InChI=1S/C20H10N2O4/c23-17-9-5-1-3-7-11(9)21-15-13(17)19(25)16-14(20(15)26)18(24)10-6-2-4-8-12(10)22-16/h1-8,13-14H. The number of carbonyl (C=O) groups is 4. The topological polar surface area (TPSA) is 93.0 Å². The molecule has 6 heteroatoms. The summed E-state index contributed by atoms with van der Waals surface area (Å²) >= 11 is 0. The minimum atomic E-state index is -1.31. The molecular weight excluding hydrogens is 332 g/mol. The molecule has 6 nitrogen and oxygen atoms in total. The van der Waals surface area contributed by atoms with Crippen molar-refractivity contribution in [3.05, 3.63) is 59.7 Å². The number of hydrogen-bond donors (Lipinski definition) is 0. The van der Waals surface area contributed by atoms with Crippen molar-refractivity contribution in [2.75, 3.05) is 0 Å². The minimum Gasteiger partial charge on any atom is -0.293 e. The highest BCUT2D eigenvalue weighted by atomic mass is 16.2. The molecule has 1 aliphatic carbocycles. The Kier molecular flexibility index (Phi) is 2.83.